The van der Waals surface area contributed by atoms with Gasteiger partial charge in [-0.1, -0.05) is 36.4 Å². The summed E-state index contributed by atoms with van der Waals surface area (Å²) in [5.41, 5.74) is 8.67. The fourth-order valence-corrected chi connectivity index (χ4v) is 5.93. The number of H-pyrrole nitrogens is 1. The molecule has 1 saturated heterocycles. The van der Waals surface area contributed by atoms with Crippen molar-refractivity contribution in [1.82, 2.24) is 15.5 Å². The normalized spacial score (nSPS) is 16.1. The van der Waals surface area contributed by atoms with Gasteiger partial charge in [-0.25, -0.2) is 0 Å². The van der Waals surface area contributed by atoms with Gasteiger partial charge >= 0.3 is 0 Å². The van der Waals surface area contributed by atoms with Crippen LogP contribution in [0.15, 0.2) is 48.5 Å². The molecule has 2 aromatic carbocycles. The Morgan fingerprint density at radius 1 is 1.00 bits per heavy atom. The molecule has 5 rings (SSSR count). The number of anilines is 1. The Balaban J connectivity index is 1.26. The third-order valence-corrected chi connectivity index (χ3v) is 7.88. The molecule has 3 aromatic rings. The maximum absolute atomic E-state index is 4.61. The number of rotatable bonds is 5. The Hall–Kier alpha value is -2.24. The lowest BCUT2D eigenvalue weighted by Gasteiger charge is -2.15. The van der Waals surface area contributed by atoms with Crippen molar-refractivity contribution in [1.29, 1.82) is 0 Å². The van der Waals surface area contributed by atoms with Gasteiger partial charge in [0, 0.05) is 41.9 Å². The van der Waals surface area contributed by atoms with Crippen molar-refractivity contribution in [2.75, 3.05) is 42.2 Å². The second-order valence-corrected chi connectivity index (χ2v) is 9.69. The lowest BCUT2D eigenvalue weighted by Crippen LogP contribution is -2.38. The molecular weight excluding hydrogens is 352 g/mol. The first kappa shape index (κ1) is 16.9. The number of nitrogens with zero attached hydrogens (tertiary/aromatic N) is 1. The first-order valence-corrected chi connectivity index (χ1v) is 11.5. The number of nitrogens with one attached hydrogen (secondary N) is 3. The summed E-state index contributed by atoms with van der Waals surface area (Å²) >= 11 is 0. The zero-order valence-corrected chi connectivity index (χ0v) is 16.2. The van der Waals surface area contributed by atoms with E-state index in [9.17, 15) is 0 Å². The topological polar surface area (TPSA) is 52.7 Å². The maximum atomic E-state index is 4.61. The first-order chi connectivity index (χ1) is 13.4. The van der Waals surface area contributed by atoms with E-state index >= 15 is 0 Å². The van der Waals surface area contributed by atoms with Crippen LogP contribution in [0, 0.1) is 0 Å². The van der Waals surface area contributed by atoms with Crippen LogP contribution in [0.5, 0.6) is 0 Å². The maximum Gasteiger partial charge on any atom is 0.125 e. The van der Waals surface area contributed by atoms with Gasteiger partial charge in [0.15, 0.2) is 0 Å². The molecule has 0 unspecified atom stereocenters. The number of fused-ring (bicyclic) bond motifs is 3. The van der Waals surface area contributed by atoms with Gasteiger partial charge in [-0.2, -0.15) is 5.10 Å². The van der Waals surface area contributed by atoms with Crippen molar-refractivity contribution < 1.29 is 0 Å². The highest BCUT2D eigenvalue weighted by atomic mass is 32.2. The van der Waals surface area contributed by atoms with Crippen LogP contribution in [0.1, 0.15) is 11.1 Å². The molecule has 27 heavy (non-hydrogen) atoms. The summed E-state index contributed by atoms with van der Waals surface area (Å²) in [4.78, 5) is 0. The van der Waals surface area contributed by atoms with E-state index in [1.165, 1.54) is 64.0 Å². The summed E-state index contributed by atoms with van der Waals surface area (Å²) in [6, 6.07) is 17.3. The summed E-state index contributed by atoms with van der Waals surface area (Å²) in [5, 5.41) is 14.9. The third-order valence-electron chi connectivity index (χ3n) is 5.53. The second kappa shape index (κ2) is 7.41. The van der Waals surface area contributed by atoms with Crippen molar-refractivity contribution in [3.8, 4) is 22.5 Å². The van der Waals surface area contributed by atoms with Gasteiger partial charge in [0.05, 0.1) is 17.9 Å². The molecule has 5 heteroatoms. The molecule has 0 bridgehead atoms. The zero-order valence-electron chi connectivity index (χ0n) is 15.4. The summed E-state index contributed by atoms with van der Waals surface area (Å²) < 4.78 is 0. The molecule has 2 heterocycles. The van der Waals surface area contributed by atoms with Crippen molar-refractivity contribution in [3.05, 3.63) is 59.7 Å². The lowest BCUT2D eigenvalue weighted by atomic mass is 10.1. The minimum absolute atomic E-state index is 0.594. The largest absolute Gasteiger partial charge is 0.380 e. The van der Waals surface area contributed by atoms with E-state index in [1.807, 2.05) is 0 Å². The molecule has 0 atom stereocenters. The van der Waals surface area contributed by atoms with E-state index in [0.717, 1.165) is 18.7 Å². The molecule has 1 aliphatic heterocycles. The Bertz CT molecular complexity index is 926. The highest BCUT2D eigenvalue weighted by Crippen LogP contribution is 2.39. The van der Waals surface area contributed by atoms with Crippen molar-refractivity contribution in [2.45, 2.75) is 6.42 Å². The predicted octanol–water partition coefficient (Wildman–Crippen LogP) is 3.28. The lowest BCUT2D eigenvalue weighted by molar-refractivity contribution is 0.749. The van der Waals surface area contributed by atoms with Gasteiger partial charge in [0.25, 0.3) is 0 Å². The molecule has 0 radical (unpaired) electrons. The van der Waals surface area contributed by atoms with Crippen LogP contribution < -0.4 is 10.6 Å². The van der Waals surface area contributed by atoms with E-state index in [-0.39, 0.29) is 0 Å². The number of aromatic nitrogens is 2. The molecule has 2 aliphatic rings. The molecular formula is C22H25N4S+. The van der Waals surface area contributed by atoms with Gasteiger partial charge in [-0.15, -0.1) is 0 Å². The van der Waals surface area contributed by atoms with Crippen LogP contribution in [-0.2, 0) is 17.3 Å². The molecule has 1 aliphatic carbocycles. The van der Waals surface area contributed by atoms with Crippen LogP contribution in [-0.4, -0.2) is 47.1 Å². The van der Waals surface area contributed by atoms with Gasteiger partial charge in [0.1, 0.15) is 17.3 Å². The summed E-state index contributed by atoms with van der Waals surface area (Å²) in [6.07, 6.45) is 0.967. The molecule has 1 fully saturated rings. The smallest absolute Gasteiger partial charge is 0.125 e. The summed E-state index contributed by atoms with van der Waals surface area (Å²) in [6.45, 7) is 3.45. The first-order valence-electron chi connectivity index (χ1n) is 9.73. The van der Waals surface area contributed by atoms with Crippen molar-refractivity contribution in [3.63, 3.8) is 0 Å². The molecule has 4 nitrogen and oxygen atoms in total. The van der Waals surface area contributed by atoms with E-state index < -0.39 is 0 Å². The van der Waals surface area contributed by atoms with Crippen LogP contribution in [0.4, 0.5) is 5.69 Å². The minimum atomic E-state index is 0.594. The standard InChI is InChI=1S/C22H25N4S/c1-2-4-19-17(3-1)15-20-21(25-26-22(19)20)16-5-7-18(8-6-16)24-11-14-27-12-9-23-10-13-27/h1-8,23-24H,9-15H2,(H,25,26)/q+1. The SMILES string of the molecule is c1ccc2c(c1)Cc1c(-c3ccc(NCC[S+]4CCNCC4)cc3)n[nH]c1-2. The van der Waals surface area contributed by atoms with E-state index in [2.05, 4.69) is 69.4 Å². The fraction of sp³-hybridized carbons (Fsp3) is 0.318. The second-order valence-electron chi connectivity index (χ2n) is 7.24. The van der Waals surface area contributed by atoms with Crippen LogP contribution in [0.25, 0.3) is 22.5 Å². The van der Waals surface area contributed by atoms with Crippen LogP contribution in [0.3, 0.4) is 0 Å². The molecule has 0 saturated carbocycles. The van der Waals surface area contributed by atoms with Gasteiger partial charge in [-0.05, 0) is 28.6 Å². The molecule has 3 N–H and O–H groups in total. The Morgan fingerprint density at radius 2 is 1.81 bits per heavy atom. The van der Waals surface area contributed by atoms with Crippen molar-refractivity contribution in [2.24, 2.45) is 0 Å². The van der Waals surface area contributed by atoms with E-state index in [1.54, 1.807) is 0 Å². The third kappa shape index (κ3) is 3.37. The predicted molar refractivity (Wildman–Crippen MR) is 116 cm³/mol. The highest BCUT2D eigenvalue weighted by molar-refractivity contribution is 7.96. The van der Waals surface area contributed by atoms with Gasteiger partial charge < -0.3 is 10.6 Å². The summed E-state index contributed by atoms with van der Waals surface area (Å²) in [5.74, 6) is 3.97. The quantitative estimate of drug-likeness (QED) is 0.468. The molecule has 1 aromatic heterocycles. The Kier molecular flexibility index (Phi) is 4.64. The van der Waals surface area contributed by atoms with Gasteiger partial charge in [-0.3, -0.25) is 5.10 Å². The molecule has 0 spiro atoms. The fourth-order valence-electron chi connectivity index (χ4n) is 4.06. The monoisotopic (exact) mass is 377 g/mol. The highest BCUT2D eigenvalue weighted by Gasteiger charge is 2.24. The Morgan fingerprint density at radius 3 is 2.67 bits per heavy atom. The van der Waals surface area contributed by atoms with E-state index in [4.69, 9.17) is 0 Å². The average molecular weight is 378 g/mol. The van der Waals surface area contributed by atoms with Crippen LogP contribution in [0.2, 0.25) is 0 Å². The van der Waals surface area contributed by atoms with E-state index in [0.29, 0.717) is 10.9 Å². The van der Waals surface area contributed by atoms with Crippen molar-refractivity contribution >= 4 is 16.6 Å². The number of hydrogen-bond acceptors (Lipinski definition) is 3. The number of benzene rings is 2. The Labute approximate surface area is 163 Å². The molecule has 138 valence electrons. The molecule has 0 amide bonds. The minimum Gasteiger partial charge on any atom is -0.380 e. The number of hydrogen-bond donors (Lipinski definition) is 3. The number of aromatic amines is 1. The average Bonchev–Trinajstić information content (AvgIpc) is 3.29. The van der Waals surface area contributed by atoms with Gasteiger partial charge in [0.2, 0.25) is 0 Å². The summed E-state index contributed by atoms with van der Waals surface area (Å²) in [7, 11) is 0.594. The zero-order chi connectivity index (χ0) is 18.1. The van der Waals surface area contributed by atoms with Crippen LogP contribution >= 0.6 is 0 Å².